The Hall–Kier alpha value is -0.990. The quantitative estimate of drug-likeness (QED) is 0.829. The Kier molecular flexibility index (Phi) is 6.40. The molecule has 0 saturated heterocycles. The third-order valence-corrected chi connectivity index (χ3v) is 3.52. The SMILES string of the molecule is CC(C)CN(CCC#N)C(=O)c1cc(S)ccc1Br. The lowest BCUT2D eigenvalue weighted by Crippen LogP contribution is -2.35. The monoisotopic (exact) mass is 340 g/mol. The molecular weight excluding hydrogens is 324 g/mol. The molecule has 0 fully saturated rings. The molecule has 0 aromatic heterocycles. The summed E-state index contributed by atoms with van der Waals surface area (Å²) in [5.41, 5.74) is 0.589. The van der Waals surface area contributed by atoms with Crippen molar-refractivity contribution in [2.75, 3.05) is 13.1 Å². The molecule has 0 N–H and O–H groups in total. The Bertz CT molecular complexity index is 497. The van der Waals surface area contributed by atoms with Crippen LogP contribution in [0.5, 0.6) is 0 Å². The number of halogens is 1. The van der Waals surface area contributed by atoms with Gasteiger partial charge in [-0.25, -0.2) is 0 Å². The second kappa shape index (κ2) is 7.56. The number of benzene rings is 1. The number of nitrogens with zero attached hydrogens (tertiary/aromatic N) is 2. The van der Waals surface area contributed by atoms with Crippen molar-refractivity contribution in [2.45, 2.75) is 25.2 Å². The minimum absolute atomic E-state index is 0.0632. The van der Waals surface area contributed by atoms with Gasteiger partial charge in [0.15, 0.2) is 0 Å². The highest BCUT2D eigenvalue weighted by Gasteiger charge is 2.19. The molecule has 102 valence electrons. The fraction of sp³-hybridized carbons (Fsp3) is 0.429. The first kappa shape index (κ1) is 16.1. The van der Waals surface area contributed by atoms with Crippen molar-refractivity contribution in [3.63, 3.8) is 0 Å². The smallest absolute Gasteiger partial charge is 0.255 e. The summed E-state index contributed by atoms with van der Waals surface area (Å²) in [6, 6.07) is 7.47. The lowest BCUT2D eigenvalue weighted by Gasteiger charge is -2.24. The molecule has 5 heteroatoms. The van der Waals surface area contributed by atoms with Gasteiger partial charge in [-0.2, -0.15) is 5.26 Å². The molecule has 0 unspecified atom stereocenters. The van der Waals surface area contributed by atoms with Gasteiger partial charge in [-0.05, 0) is 40.0 Å². The first-order chi connectivity index (χ1) is 8.95. The van der Waals surface area contributed by atoms with Crippen molar-refractivity contribution >= 4 is 34.5 Å². The maximum atomic E-state index is 12.5. The van der Waals surface area contributed by atoms with Crippen molar-refractivity contribution in [2.24, 2.45) is 5.92 Å². The fourth-order valence-electron chi connectivity index (χ4n) is 1.75. The second-order valence-electron chi connectivity index (χ2n) is 4.72. The highest BCUT2D eigenvalue weighted by atomic mass is 79.9. The number of rotatable bonds is 5. The third kappa shape index (κ3) is 4.88. The van der Waals surface area contributed by atoms with E-state index in [1.54, 1.807) is 11.0 Å². The molecule has 3 nitrogen and oxygen atoms in total. The molecule has 0 aliphatic heterocycles. The molecule has 1 rings (SSSR count). The lowest BCUT2D eigenvalue weighted by molar-refractivity contribution is 0.0738. The Labute approximate surface area is 128 Å². The first-order valence-corrected chi connectivity index (χ1v) is 7.34. The number of nitriles is 1. The van der Waals surface area contributed by atoms with Gasteiger partial charge in [0.2, 0.25) is 0 Å². The summed E-state index contributed by atoms with van der Waals surface area (Å²) < 4.78 is 0.751. The van der Waals surface area contributed by atoms with Crippen molar-refractivity contribution in [1.29, 1.82) is 5.26 Å². The van der Waals surface area contributed by atoms with Crippen LogP contribution >= 0.6 is 28.6 Å². The van der Waals surface area contributed by atoms with Crippen molar-refractivity contribution in [3.8, 4) is 6.07 Å². The summed E-state index contributed by atoms with van der Waals surface area (Å²) in [5.74, 6) is 0.298. The van der Waals surface area contributed by atoms with E-state index < -0.39 is 0 Å². The zero-order chi connectivity index (χ0) is 14.4. The molecule has 1 aromatic rings. The zero-order valence-electron chi connectivity index (χ0n) is 11.1. The van der Waals surface area contributed by atoms with Crippen LogP contribution in [0.2, 0.25) is 0 Å². The second-order valence-corrected chi connectivity index (χ2v) is 6.09. The van der Waals surface area contributed by atoms with Gasteiger partial charge in [0.1, 0.15) is 0 Å². The predicted molar refractivity (Wildman–Crippen MR) is 82.4 cm³/mol. The average Bonchev–Trinajstić information content (AvgIpc) is 2.36. The summed E-state index contributed by atoms with van der Waals surface area (Å²) in [7, 11) is 0. The van der Waals surface area contributed by atoms with Crippen LogP contribution in [-0.4, -0.2) is 23.9 Å². The molecule has 0 saturated carbocycles. The van der Waals surface area contributed by atoms with Crippen LogP contribution in [0.1, 0.15) is 30.6 Å². The van der Waals surface area contributed by atoms with Gasteiger partial charge < -0.3 is 4.90 Å². The molecule has 0 aliphatic rings. The van der Waals surface area contributed by atoms with Crippen molar-refractivity contribution in [3.05, 3.63) is 28.2 Å². The minimum Gasteiger partial charge on any atom is -0.337 e. The van der Waals surface area contributed by atoms with E-state index in [0.29, 0.717) is 31.0 Å². The van der Waals surface area contributed by atoms with E-state index in [0.717, 1.165) is 9.37 Å². The molecule has 1 aromatic carbocycles. The van der Waals surface area contributed by atoms with E-state index in [1.807, 2.05) is 12.1 Å². The largest absolute Gasteiger partial charge is 0.337 e. The topological polar surface area (TPSA) is 44.1 Å². The van der Waals surface area contributed by atoms with Gasteiger partial charge in [-0.1, -0.05) is 13.8 Å². The fourth-order valence-corrected chi connectivity index (χ4v) is 2.37. The van der Waals surface area contributed by atoms with Crippen LogP contribution in [0.15, 0.2) is 27.6 Å². The summed E-state index contributed by atoms with van der Waals surface area (Å²) >= 11 is 7.65. The summed E-state index contributed by atoms with van der Waals surface area (Å²) in [4.78, 5) is 15.0. The number of carbonyl (C=O) groups is 1. The van der Waals surface area contributed by atoms with Crippen molar-refractivity contribution < 1.29 is 4.79 Å². The summed E-state index contributed by atoms with van der Waals surface area (Å²) in [6.07, 6.45) is 0.344. The summed E-state index contributed by atoms with van der Waals surface area (Å²) in [5, 5.41) is 8.69. The van der Waals surface area contributed by atoms with Crippen LogP contribution in [0.3, 0.4) is 0 Å². The Balaban J connectivity index is 2.97. The normalized spacial score (nSPS) is 10.3. The Morgan fingerprint density at radius 2 is 2.21 bits per heavy atom. The van der Waals surface area contributed by atoms with E-state index in [4.69, 9.17) is 5.26 Å². The van der Waals surface area contributed by atoms with Crippen molar-refractivity contribution in [1.82, 2.24) is 4.90 Å². The van der Waals surface area contributed by atoms with Gasteiger partial charge in [0, 0.05) is 22.5 Å². The molecular formula is C14H17BrN2OS. The third-order valence-electron chi connectivity index (χ3n) is 2.55. The molecule has 0 aliphatic carbocycles. The standard InChI is InChI=1S/C14H17BrN2OS/c1-10(2)9-17(7-3-6-16)14(18)12-8-11(19)4-5-13(12)15/h4-5,8,10,19H,3,7,9H2,1-2H3. The van der Waals surface area contributed by atoms with Gasteiger partial charge in [0.25, 0.3) is 5.91 Å². The van der Waals surface area contributed by atoms with Gasteiger partial charge in [0.05, 0.1) is 18.1 Å². The molecule has 19 heavy (non-hydrogen) atoms. The van der Waals surface area contributed by atoms with Crippen LogP contribution < -0.4 is 0 Å². The van der Waals surface area contributed by atoms with E-state index in [1.165, 1.54) is 0 Å². The van der Waals surface area contributed by atoms with Gasteiger partial charge in [-0.3, -0.25) is 4.79 Å². The molecule has 1 amide bonds. The highest BCUT2D eigenvalue weighted by molar-refractivity contribution is 9.10. The van der Waals surface area contributed by atoms with E-state index in [-0.39, 0.29) is 5.91 Å². The number of amides is 1. The van der Waals surface area contributed by atoms with E-state index in [9.17, 15) is 4.79 Å². The zero-order valence-corrected chi connectivity index (χ0v) is 13.5. The maximum absolute atomic E-state index is 12.5. The molecule has 0 bridgehead atoms. The van der Waals surface area contributed by atoms with Gasteiger partial charge in [-0.15, -0.1) is 12.6 Å². The number of thiol groups is 1. The maximum Gasteiger partial charge on any atom is 0.255 e. The van der Waals surface area contributed by atoms with Crippen LogP contribution in [0, 0.1) is 17.2 Å². The summed E-state index contributed by atoms with van der Waals surface area (Å²) in [6.45, 7) is 5.20. The number of carbonyl (C=O) groups excluding carboxylic acids is 1. The minimum atomic E-state index is -0.0632. The Morgan fingerprint density at radius 3 is 2.79 bits per heavy atom. The highest BCUT2D eigenvalue weighted by Crippen LogP contribution is 2.22. The first-order valence-electron chi connectivity index (χ1n) is 6.10. The van der Waals surface area contributed by atoms with Crippen LogP contribution in [-0.2, 0) is 0 Å². The van der Waals surface area contributed by atoms with Crippen LogP contribution in [0.25, 0.3) is 0 Å². The molecule has 0 radical (unpaired) electrons. The number of hydrogen-bond donors (Lipinski definition) is 1. The molecule has 0 spiro atoms. The average molecular weight is 341 g/mol. The predicted octanol–water partition coefficient (Wildman–Crippen LogP) is 3.75. The van der Waals surface area contributed by atoms with Gasteiger partial charge >= 0.3 is 0 Å². The van der Waals surface area contributed by atoms with Crippen LogP contribution in [0.4, 0.5) is 0 Å². The van der Waals surface area contributed by atoms with E-state index >= 15 is 0 Å². The Morgan fingerprint density at radius 1 is 1.53 bits per heavy atom. The van der Waals surface area contributed by atoms with E-state index in [2.05, 4.69) is 48.5 Å². The molecule has 0 heterocycles. The lowest BCUT2D eigenvalue weighted by atomic mass is 10.1. The number of hydrogen-bond acceptors (Lipinski definition) is 3. The molecule has 0 atom stereocenters.